The van der Waals surface area contributed by atoms with Crippen molar-refractivity contribution >= 4 is 63.3 Å². The second-order valence-electron chi connectivity index (χ2n) is 30.9. The zero-order chi connectivity index (χ0) is 94.9. The van der Waals surface area contributed by atoms with Crippen LogP contribution in [0.5, 0.6) is 18.0 Å². The second-order valence-corrected chi connectivity index (χ2v) is 30.9. The van der Waals surface area contributed by atoms with Crippen molar-refractivity contribution < 1.29 is 253 Å². The summed E-state index contributed by atoms with van der Waals surface area (Å²) in [6.45, 7) is 12.2. The van der Waals surface area contributed by atoms with Gasteiger partial charge in [-0.1, -0.05) is 200 Å². The van der Waals surface area contributed by atoms with Crippen LogP contribution in [0.15, 0.2) is 261 Å². The van der Waals surface area contributed by atoms with Crippen molar-refractivity contribution in [2.24, 2.45) is 0 Å². The predicted molar refractivity (Wildman–Crippen MR) is 480 cm³/mol. The van der Waals surface area contributed by atoms with E-state index in [4.69, 9.17) is 56.5 Å². The van der Waals surface area contributed by atoms with Gasteiger partial charge in [0.05, 0.1) is 108 Å². The number of para-hydroxylation sites is 3. The first kappa shape index (κ1) is 103. The molecule has 0 radical (unpaired) electrons. The molecule has 0 amide bonds. The summed E-state index contributed by atoms with van der Waals surface area (Å²) in [6.07, 6.45) is 1.21. The molecule has 0 atom stereocenters. The zero-order valence-electron chi connectivity index (χ0n) is 76.8. The summed E-state index contributed by atoms with van der Waals surface area (Å²) in [5.41, 5.74) is 14.6. The summed E-state index contributed by atoms with van der Waals surface area (Å²) in [6, 6.07) is 63.5. The Kier molecular flexibility index (Phi) is 35.7. The zero-order valence-corrected chi connectivity index (χ0v) is 86.1. The molecule has 0 saturated carbocycles. The van der Waals surface area contributed by atoms with E-state index in [0.29, 0.717) is 141 Å². The number of esters is 3. The van der Waals surface area contributed by atoms with E-state index in [-0.39, 0.29) is 203 Å². The number of aromatic nitrogens is 15. The number of hydrogen-bond donors (Lipinski definition) is 2. The molecular weight excluding hydrogens is 1880 g/mol. The molecule has 139 heavy (non-hydrogen) atoms. The summed E-state index contributed by atoms with van der Waals surface area (Å²) < 4.78 is 82.9. The fourth-order valence-corrected chi connectivity index (χ4v) is 14.9. The van der Waals surface area contributed by atoms with Crippen molar-refractivity contribution in [2.75, 3.05) is 53.7 Å². The maximum absolute atomic E-state index is 13.5. The average Bonchev–Trinajstić information content (AvgIpc) is 1.63. The van der Waals surface area contributed by atoms with Crippen molar-refractivity contribution in [1.29, 1.82) is 0 Å². The number of aromatic amines is 1. The Labute approximate surface area is 915 Å². The van der Waals surface area contributed by atoms with E-state index in [2.05, 4.69) is 74.6 Å². The van der Waals surface area contributed by atoms with Crippen LogP contribution in [0.2, 0.25) is 0 Å². The van der Waals surface area contributed by atoms with Crippen molar-refractivity contribution in [3.63, 3.8) is 0 Å². The molecule has 17 aromatic rings. The van der Waals surface area contributed by atoms with Gasteiger partial charge in [-0.3, -0.25) is 29.2 Å². The summed E-state index contributed by atoms with van der Waals surface area (Å²) in [4.78, 5) is 137. The van der Waals surface area contributed by atoms with E-state index in [9.17, 15) is 43.3 Å². The van der Waals surface area contributed by atoms with Gasteiger partial charge in [0.2, 0.25) is 19.3 Å². The van der Waals surface area contributed by atoms with Crippen LogP contribution in [0, 0.1) is 4.91 Å². The van der Waals surface area contributed by atoms with Crippen molar-refractivity contribution in [2.45, 2.75) is 79.8 Å². The number of benzene rings is 9. The van der Waals surface area contributed by atoms with E-state index in [1.807, 2.05) is 210 Å². The van der Waals surface area contributed by atoms with Gasteiger partial charge < -0.3 is 90.6 Å². The van der Waals surface area contributed by atoms with E-state index < -0.39 is 66.5 Å². The molecule has 0 aliphatic carbocycles. The van der Waals surface area contributed by atoms with Crippen LogP contribution in [0.3, 0.4) is 0 Å². The van der Waals surface area contributed by atoms with Gasteiger partial charge in [-0.05, 0) is 146 Å². The summed E-state index contributed by atoms with van der Waals surface area (Å²) in [7, 11) is 1.88. The smallest absolute Gasteiger partial charge is 0.465 e. The molecule has 0 fully saturated rings. The molecule has 694 valence electrons. The van der Waals surface area contributed by atoms with Crippen LogP contribution in [0.25, 0.3) is 101 Å². The molecule has 1 aliphatic heterocycles. The Morgan fingerprint density at radius 1 is 0.432 bits per heavy atom. The normalized spacial score (nSPS) is 11.4. The van der Waals surface area contributed by atoms with Gasteiger partial charge in [0, 0.05) is 24.7 Å². The Hall–Kier alpha value is -13.0. The number of ether oxygens (including phenoxy) is 10. The minimum absolute atomic E-state index is 0. The number of fused-ring (bicyclic) bond motifs is 3. The van der Waals surface area contributed by atoms with E-state index in [1.165, 1.54) is 12.3 Å². The van der Waals surface area contributed by atoms with Crippen LogP contribution in [-0.4, -0.2) is 143 Å². The minimum atomic E-state index is -1.04. The Morgan fingerprint density at radius 3 is 1.13 bits per heavy atom. The first-order chi connectivity index (χ1) is 66.0. The fraction of sp³-hybridized carbons (Fsp3) is 0.211. The van der Waals surface area contributed by atoms with Gasteiger partial charge in [-0.2, -0.15) is 15.0 Å². The molecule has 0 spiro atoms. The third-order valence-electron chi connectivity index (χ3n) is 20.8. The standard InChI is InChI=1S/C32H30N6O8.C32H30N6O7.C31H25N5O9.3K/c1-3-42-30-34-26-10-6-9-25(29(39)44-19-45-32(41)43-17-22-16-37(2)18-33-22)27(26)38(30)15-20-11-13-21(14-12-20)23-7-4-5-8-24(23)28-35-31(40)46-36-28;1-5-42-30-33-24-12-8-11-23(29(39)43-18-25-27(32(2,3)4)38(41)45-35-25)26(24)37(30)17-19-13-15-20(16-14-19)21-9-6-7-10-22(21)28-34-31(40)44-36-28;1-2-40-29-33-25-9-5-8-24(28(37)42-18-43-31(39)41-17-21-14-15-32-44-21)26(25)36(29)16-19-10-12-20(13-11-19)22-6-3-4-7-23(22)27-34-30(38)45-35-27;;;/h4-14,16,33H,3,15,17-19H2,1-2H3,(H,35,36,40);6-16H,5,17-18H2,1-4H3,(H-,34,35,36,40,41);3-15H,2,16-18H2,1H3,(H,34,35,38);;;/q;;;3*+1/p-2. The third-order valence-corrected chi connectivity index (χ3v) is 20.8. The largest absolute Gasteiger partial charge is 1.00 e. The first-order valence-corrected chi connectivity index (χ1v) is 42.3. The SMILES string of the molecule is CCOc1nc2cccc(C(=O)OCOC(=O)OCC3=CN(C)CN3)c2n1Cc1ccc(-c2ccccc2-c2noc(=O)[n-]2)cc1.CCOc1nc2cccc(C(=O)OCOC(=O)OCc3ccno3)c2n1Cc1ccc(-c2ccccc2-c2noc(=O)[n-]2)cc1.CCOc1nc2cccc(C(=O)OCc3[nH]o[n+](=O)c3C(C)(C)C)c2n1Cc1ccc(-c2ccccc2-c2noc(=O)[n-]2)cc1.[K+].[K+].[K+]. The average molecular weight is 1960 g/mol. The molecule has 9 aromatic carbocycles. The molecule has 2 N–H and O–H groups in total. The maximum atomic E-state index is 13.5. The molecule has 0 bridgehead atoms. The van der Waals surface area contributed by atoms with Gasteiger partial charge in [0.25, 0.3) is 23.7 Å². The van der Waals surface area contributed by atoms with Gasteiger partial charge in [-0.25, -0.2) is 38.4 Å². The first-order valence-electron chi connectivity index (χ1n) is 42.3. The van der Waals surface area contributed by atoms with Crippen LogP contribution in [-0.2, 0) is 71.4 Å². The fourth-order valence-electron chi connectivity index (χ4n) is 14.9. The van der Waals surface area contributed by atoms with Crippen molar-refractivity contribution in [3.8, 4) is 85.6 Å². The number of carbonyl (C=O) groups excluding carboxylic acids is 5. The quantitative estimate of drug-likeness (QED) is 0.0269. The number of nitrogens with one attached hydrogen (secondary N) is 2. The van der Waals surface area contributed by atoms with Gasteiger partial charge in [-0.15, -0.1) is 0 Å². The minimum Gasteiger partial charge on any atom is -0.465 e. The number of nitrogens with zero attached hydrogens (tertiary/aromatic N) is 15. The Morgan fingerprint density at radius 2 is 0.799 bits per heavy atom. The van der Waals surface area contributed by atoms with Crippen LogP contribution >= 0.6 is 0 Å². The number of rotatable bonds is 31. The molecule has 44 heteroatoms. The third kappa shape index (κ3) is 25.2. The van der Waals surface area contributed by atoms with Crippen LogP contribution < -0.4 is 211 Å². The van der Waals surface area contributed by atoms with Crippen molar-refractivity contribution in [1.82, 2.24) is 79.6 Å². The molecule has 41 nitrogen and oxygen atoms in total. The van der Waals surface area contributed by atoms with Gasteiger partial charge in [0.1, 0.15) is 6.61 Å². The maximum Gasteiger partial charge on any atom is 1.00 e. The summed E-state index contributed by atoms with van der Waals surface area (Å²) in [5, 5.41) is 20.5. The molecule has 1 aliphatic rings. The molecule has 9 heterocycles. The van der Waals surface area contributed by atoms with Crippen LogP contribution in [0.1, 0.15) is 106 Å². The number of H-pyrrole nitrogens is 1. The molecule has 0 unspecified atom stereocenters. The number of hydrogen-bond acceptors (Lipinski definition) is 33. The van der Waals surface area contributed by atoms with E-state index in [0.717, 1.165) is 55.8 Å². The van der Waals surface area contributed by atoms with Crippen LogP contribution in [0.4, 0.5) is 9.59 Å². The number of carbonyl (C=O) groups is 5. The monoisotopic (exact) mass is 1960 g/mol. The van der Waals surface area contributed by atoms with Gasteiger partial charge >= 0.3 is 202 Å². The summed E-state index contributed by atoms with van der Waals surface area (Å²) >= 11 is 0. The molecule has 0 saturated heterocycles. The molecule has 8 aromatic heterocycles. The van der Waals surface area contributed by atoms with E-state index in [1.54, 1.807) is 63.7 Å². The predicted octanol–water partition coefficient (Wildman–Crippen LogP) is 3.93. The van der Waals surface area contributed by atoms with E-state index >= 15 is 0 Å². The Balaban J connectivity index is 0.000000174. The van der Waals surface area contributed by atoms with Gasteiger partial charge in [0.15, 0.2) is 23.6 Å². The summed E-state index contributed by atoms with van der Waals surface area (Å²) in [5.74, 6) is -3.33. The Bertz CT molecular complexity index is 7470. The molecule has 18 rings (SSSR count). The van der Waals surface area contributed by atoms with Crippen molar-refractivity contribution in [3.05, 3.63) is 311 Å². The number of imidazole rings is 3. The second kappa shape index (κ2) is 48.0. The molecular formula is C95H83K3N17O24+. The topological polar surface area (TPSA) is 496 Å².